The average molecular weight is 243 g/mol. The number of nitrogens with one attached hydrogen (secondary N) is 3. The molecule has 5 nitrogen and oxygen atoms in total. The van der Waals surface area contributed by atoms with Gasteiger partial charge in [0.1, 0.15) is 5.75 Å². The van der Waals surface area contributed by atoms with Crippen LogP contribution in [0.5, 0.6) is 5.75 Å². The maximum Gasteiger partial charge on any atom is 0.412 e. The third-order valence-corrected chi connectivity index (χ3v) is 3.19. The van der Waals surface area contributed by atoms with E-state index in [1.807, 2.05) is 6.07 Å². The molecule has 1 heterocycles. The highest BCUT2D eigenvalue weighted by Gasteiger charge is 2.22. The predicted octanol–water partition coefficient (Wildman–Crippen LogP) is 2.20. The summed E-state index contributed by atoms with van der Waals surface area (Å²) in [5, 5.41) is 11.3. The van der Waals surface area contributed by atoms with Gasteiger partial charge in [-0.3, -0.25) is 0 Å². The van der Waals surface area contributed by atoms with Crippen molar-refractivity contribution in [3.63, 3.8) is 0 Å². The Hall–Kier alpha value is -2.30. The van der Waals surface area contributed by atoms with Crippen molar-refractivity contribution in [3.05, 3.63) is 29.5 Å². The third kappa shape index (κ3) is 1.55. The number of ether oxygens (including phenoxy) is 1. The summed E-state index contributed by atoms with van der Waals surface area (Å²) in [6.07, 6.45) is 1.17. The lowest BCUT2D eigenvalue weighted by Gasteiger charge is -2.03. The minimum Gasteiger partial charge on any atom is -0.410 e. The largest absolute Gasteiger partial charge is 0.412 e. The second-order valence-electron chi connectivity index (χ2n) is 4.30. The third-order valence-electron chi connectivity index (χ3n) is 3.19. The van der Waals surface area contributed by atoms with Crippen LogP contribution < -0.4 is 10.1 Å². The van der Waals surface area contributed by atoms with Gasteiger partial charge in [0.25, 0.3) is 0 Å². The first-order valence-corrected chi connectivity index (χ1v) is 5.81. The summed E-state index contributed by atoms with van der Waals surface area (Å²) < 4.78 is 5.10. The summed E-state index contributed by atoms with van der Waals surface area (Å²) in [6, 6.07) is 5.42. The number of fused-ring (bicyclic) bond motifs is 3. The first-order valence-electron chi connectivity index (χ1n) is 5.81. The molecule has 1 aromatic heterocycles. The molecule has 3 N–H and O–H groups in total. The number of rotatable bonds is 1. The van der Waals surface area contributed by atoms with Crippen molar-refractivity contribution in [2.75, 3.05) is 7.05 Å². The van der Waals surface area contributed by atoms with Gasteiger partial charge in [-0.2, -0.15) is 0 Å². The van der Waals surface area contributed by atoms with Crippen LogP contribution in [0.2, 0.25) is 0 Å². The molecule has 1 aliphatic carbocycles. The van der Waals surface area contributed by atoms with Gasteiger partial charge in [-0.1, -0.05) is 0 Å². The lowest BCUT2D eigenvalue weighted by molar-refractivity contribution is 0.203. The van der Waals surface area contributed by atoms with E-state index >= 15 is 0 Å². The van der Waals surface area contributed by atoms with Crippen molar-refractivity contribution in [1.82, 2.24) is 10.3 Å². The highest BCUT2D eigenvalue weighted by atomic mass is 16.5. The van der Waals surface area contributed by atoms with Crippen LogP contribution in [-0.4, -0.2) is 23.8 Å². The second kappa shape index (κ2) is 3.87. The van der Waals surface area contributed by atoms with Crippen molar-refractivity contribution in [1.29, 1.82) is 5.41 Å². The Morgan fingerprint density at radius 3 is 3.06 bits per heavy atom. The van der Waals surface area contributed by atoms with Gasteiger partial charge in [0.15, 0.2) is 0 Å². The Morgan fingerprint density at radius 2 is 2.28 bits per heavy atom. The number of aryl methyl sites for hydroxylation is 1. The fourth-order valence-electron chi connectivity index (χ4n) is 2.36. The van der Waals surface area contributed by atoms with E-state index in [0.29, 0.717) is 11.5 Å². The van der Waals surface area contributed by atoms with E-state index in [2.05, 4.69) is 10.3 Å². The van der Waals surface area contributed by atoms with E-state index in [0.717, 1.165) is 35.0 Å². The van der Waals surface area contributed by atoms with Crippen LogP contribution in [0.15, 0.2) is 18.2 Å². The first kappa shape index (κ1) is 10.8. The Labute approximate surface area is 104 Å². The molecule has 5 heteroatoms. The fourth-order valence-corrected chi connectivity index (χ4v) is 2.36. The summed E-state index contributed by atoms with van der Waals surface area (Å²) in [7, 11) is 1.52. The molecule has 2 aromatic rings. The molecular weight excluding hydrogens is 230 g/mol. The predicted molar refractivity (Wildman–Crippen MR) is 68.5 cm³/mol. The molecular formula is C13H13N3O2. The number of amides is 1. The Morgan fingerprint density at radius 1 is 1.44 bits per heavy atom. The molecule has 0 unspecified atom stereocenters. The second-order valence-corrected chi connectivity index (χ2v) is 4.30. The van der Waals surface area contributed by atoms with Crippen LogP contribution in [0.25, 0.3) is 10.9 Å². The molecule has 1 amide bonds. The zero-order valence-electron chi connectivity index (χ0n) is 9.96. The van der Waals surface area contributed by atoms with E-state index in [9.17, 15) is 4.79 Å². The quantitative estimate of drug-likeness (QED) is 0.718. The van der Waals surface area contributed by atoms with Crippen molar-refractivity contribution < 1.29 is 9.53 Å². The van der Waals surface area contributed by atoms with Crippen LogP contribution in [0, 0.1) is 5.41 Å². The maximum absolute atomic E-state index is 11.2. The lowest BCUT2D eigenvalue weighted by atomic mass is 10.1. The molecule has 3 rings (SSSR count). The normalized spacial score (nSPS) is 13.7. The monoisotopic (exact) mass is 243 g/mol. The molecule has 0 fully saturated rings. The number of hydrogen-bond acceptors (Lipinski definition) is 3. The molecule has 1 aliphatic rings. The van der Waals surface area contributed by atoms with Crippen molar-refractivity contribution in [2.45, 2.75) is 12.8 Å². The highest BCUT2D eigenvalue weighted by Crippen LogP contribution is 2.32. The van der Waals surface area contributed by atoms with E-state index < -0.39 is 6.09 Å². The molecule has 0 radical (unpaired) electrons. The van der Waals surface area contributed by atoms with E-state index in [1.165, 1.54) is 7.05 Å². The Balaban J connectivity index is 2.08. The number of benzene rings is 1. The standard InChI is InChI=1S/C13H13N3O2/c1-15-13(17)18-7-2-4-10-8(6-7)12-9(14)3-5-11(12)16-10/h2,4,6,14,16H,3,5H2,1H3,(H,15,17). The number of H-pyrrole nitrogens is 1. The van der Waals surface area contributed by atoms with Crippen molar-refractivity contribution >= 4 is 22.7 Å². The van der Waals surface area contributed by atoms with Gasteiger partial charge >= 0.3 is 6.09 Å². The number of carbonyl (C=O) groups is 1. The van der Waals surface area contributed by atoms with Crippen LogP contribution >= 0.6 is 0 Å². The van der Waals surface area contributed by atoms with Gasteiger partial charge in [-0.05, 0) is 31.0 Å². The van der Waals surface area contributed by atoms with Crippen LogP contribution in [0.4, 0.5) is 4.79 Å². The Bertz CT molecular complexity index is 658. The molecule has 1 aromatic carbocycles. The zero-order valence-corrected chi connectivity index (χ0v) is 9.96. The molecule has 0 aliphatic heterocycles. The summed E-state index contributed by atoms with van der Waals surface area (Å²) in [5.41, 5.74) is 3.70. The molecule has 92 valence electrons. The Kier molecular flexibility index (Phi) is 2.33. The maximum atomic E-state index is 11.2. The van der Waals surface area contributed by atoms with E-state index in [1.54, 1.807) is 12.1 Å². The fraction of sp³-hybridized carbons (Fsp3) is 0.231. The summed E-state index contributed by atoms with van der Waals surface area (Å²) in [4.78, 5) is 14.5. The molecule has 18 heavy (non-hydrogen) atoms. The summed E-state index contributed by atoms with van der Waals surface area (Å²) >= 11 is 0. The minimum absolute atomic E-state index is 0.489. The highest BCUT2D eigenvalue weighted by molar-refractivity contribution is 6.12. The molecule has 0 saturated carbocycles. The van der Waals surface area contributed by atoms with Gasteiger partial charge in [-0.25, -0.2) is 4.79 Å². The van der Waals surface area contributed by atoms with E-state index in [-0.39, 0.29) is 0 Å². The van der Waals surface area contributed by atoms with Gasteiger partial charge in [-0.15, -0.1) is 0 Å². The van der Waals surface area contributed by atoms with Crippen molar-refractivity contribution in [3.8, 4) is 5.75 Å². The molecule has 0 atom stereocenters. The number of hydrogen-bond donors (Lipinski definition) is 3. The van der Waals surface area contributed by atoms with E-state index in [4.69, 9.17) is 10.1 Å². The van der Waals surface area contributed by atoms with Crippen LogP contribution in [0.3, 0.4) is 0 Å². The SMILES string of the molecule is CNC(=O)Oc1ccc2[nH]c3c(c2c1)C(=N)CC3. The lowest BCUT2D eigenvalue weighted by Crippen LogP contribution is -2.21. The van der Waals surface area contributed by atoms with Gasteiger partial charge in [0.05, 0.1) is 0 Å². The van der Waals surface area contributed by atoms with Crippen LogP contribution in [-0.2, 0) is 6.42 Å². The first-order chi connectivity index (χ1) is 8.69. The molecule has 0 spiro atoms. The summed E-state index contributed by atoms with van der Waals surface area (Å²) in [5.74, 6) is 0.489. The van der Waals surface area contributed by atoms with Gasteiger partial charge < -0.3 is 20.4 Å². The smallest absolute Gasteiger partial charge is 0.410 e. The van der Waals surface area contributed by atoms with Crippen LogP contribution in [0.1, 0.15) is 17.7 Å². The number of aromatic amines is 1. The minimum atomic E-state index is -0.489. The average Bonchev–Trinajstić information content (AvgIpc) is 2.89. The number of carbonyl (C=O) groups excluding carboxylic acids is 1. The van der Waals surface area contributed by atoms with Gasteiger partial charge in [0.2, 0.25) is 0 Å². The van der Waals surface area contributed by atoms with Crippen molar-refractivity contribution in [2.24, 2.45) is 0 Å². The number of aromatic nitrogens is 1. The van der Waals surface area contributed by atoms with Gasteiger partial charge in [0, 0.05) is 34.9 Å². The summed E-state index contributed by atoms with van der Waals surface area (Å²) in [6.45, 7) is 0. The molecule has 0 saturated heterocycles. The zero-order chi connectivity index (χ0) is 12.7. The molecule has 0 bridgehead atoms. The topological polar surface area (TPSA) is 78.0 Å².